The van der Waals surface area contributed by atoms with Crippen molar-refractivity contribution < 1.29 is 22.3 Å². The highest BCUT2D eigenvalue weighted by Gasteiger charge is 2.32. The number of hydrogen-bond acceptors (Lipinski definition) is 4. The van der Waals surface area contributed by atoms with Gasteiger partial charge in [0.15, 0.2) is 0 Å². The summed E-state index contributed by atoms with van der Waals surface area (Å²) in [5, 5.41) is 3.06. The van der Waals surface area contributed by atoms with E-state index in [1.807, 2.05) is 0 Å². The zero-order valence-corrected chi connectivity index (χ0v) is 19.8. The SMILES string of the molecule is C=C(NC(=NCc1ccccc1C(F)(F)F)c1cccc(OC)c1N)c1cc(F)ccc1CCCN. The van der Waals surface area contributed by atoms with Crippen molar-refractivity contribution in [3.8, 4) is 5.75 Å². The summed E-state index contributed by atoms with van der Waals surface area (Å²) in [6.07, 6.45) is -3.25. The maximum atomic E-state index is 14.1. The molecule has 0 saturated carbocycles. The van der Waals surface area contributed by atoms with Crippen LogP contribution in [0.4, 0.5) is 23.2 Å². The first-order valence-corrected chi connectivity index (χ1v) is 11.2. The number of para-hydroxylation sites is 1. The van der Waals surface area contributed by atoms with E-state index in [1.165, 1.54) is 37.4 Å². The summed E-state index contributed by atoms with van der Waals surface area (Å²) in [5.74, 6) is 0.0862. The second-order valence-electron chi connectivity index (χ2n) is 8.04. The Kier molecular flexibility index (Phi) is 8.71. The number of rotatable bonds is 9. The molecule has 0 aliphatic heterocycles. The van der Waals surface area contributed by atoms with Crippen LogP contribution in [0.25, 0.3) is 5.70 Å². The summed E-state index contributed by atoms with van der Waals surface area (Å²) in [5.41, 5.74) is 13.4. The fourth-order valence-corrected chi connectivity index (χ4v) is 3.77. The van der Waals surface area contributed by atoms with Crippen molar-refractivity contribution in [1.82, 2.24) is 5.32 Å². The minimum Gasteiger partial charge on any atom is -0.495 e. The molecule has 0 fully saturated rings. The van der Waals surface area contributed by atoms with Crippen molar-refractivity contribution in [3.05, 3.63) is 101 Å². The Labute approximate surface area is 207 Å². The van der Waals surface area contributed by atoms with E-state index < -0.39 is 17.6 Å². The Balaban J connectivity index is 2.05. The summed E-state index contributed by atoms with van der Waals surface area (Å²) in [6, 6.07) is 14.6. The zero-order chi connectivity index (χ0) is 26.3. The highest BCUT2D eigenvalue weighted by atomic mass is 19.4. The van der Waals surface area contributed by atoms with Crippen LogP contribution < -0.4 is 21.5 Å². The molecule has 5 N–H and O–H groups in total. The van der Waals surface area contributed by atoms with E-state index >= 15 is 0 Å². The number of ether oxygens (including phenoxy) is 1. The molecule has 0 amide bonds. The monoisotopic (exact) mass is 500 g/mol. The smallest absolute Gasteiger partial charge is 0.416 e. The molecule has 0 atom stereocenters. The molecule has 3 aromatic carbocycles. The number of nitrogens with one attached hydrogen (secondary N) is 1. The van der Waals surface area contributed by atoms with Crippen LogP contribution in [-0.4, -0.2) is 19.5 Å². The second kappa shape index (κ2) is 11.7. The predicted molar refractivity (Wildman–Crippen MR) is 135 cm³/mol. The van der Waals surface area contributed by atoms with Crippen LogP contribution in [0.15, 0.2) is 72.2 Å². The molecular weight excluding hydrogens is 472 g/mol. The standard InChI is InChI=1S/C27H28F4N4O/c1-17(22-15-20(28)13-12-18(22)8-6-14-32)35-26(21-9-5-11-24(36-2)25(21)33)34-16-19-7-3-4-10-23(19)27(29,30)31/h3-5,7,9-13,15H,1,6,8,14,16,32-33H2,2H3,(H,34,35). The first kappa shape index (κ1) is 26.7. The van der Waals surface area contributed by atoms with Crippen LogP contribution in [0, 0.1) is 5.82 Å². The van der Waals surface area contributed by atoms with E-state index in [0.717, 1.165) is 11.6 Å². The first-order valence-electron chi connectivity index (χ1n) is 11.2. The molecule has 0 heterocycles. The van der Waals surface area contributed by atoms with Crippen LogP contribution in [0.2, 0.25) is 0 Å². The molecular formula is C27H28F4N4O. The molecule has 3 rings (SSSR count). The van der Waals surface area contributed by atoms with Gasteiger partial charge < -0.3 is 21.5 Å². The highest BCUT2D eigenvalue weighted by molar-refractivity contribution is 6.07. The van der Waals surface area contributed by atoms with Crippen molar-refractivity contribution in [2.75, 3.05) is 19.4 Å². The van der Waals surface area contributed by atoms with Gasteiger partial charge in [0, 0.05) is 16.8 Å². The zero-order valence-electron chi connectivity index (χ0n) is 19.8. The molecule has 0 aliphatic rings. The lowest BCUT2D eigenvalue weighted by atomic mass is 10.00. The molecule has 0 unspecified atom stereocenters. The van der Waals surface area contributed by atoms with Crippen molar-refractivity contribution in [1.29, 1.82) is 0 Å². The highest BCUT2D eigenvalue weighted by Crippen LogP contribution is 2.32. The van der Waals surface area contributed by atoms with Crippen LogP contribution in [0.1, 0.15) is 34.2 Å². The summed E-state index contributed by atoms with van der Waals surface area (Å²) in [6.45, 7) is 4.22. The van der Waals surface area contributed by atoms with Crippen molar-refractivity contribution in [2.24, 2.45) is 10.7 Å². The van der Waals surface area contributed by atoms with E-state index in [0.29, 0.717) is 42.0 Å². The first-order chi connectivity index (χ1) is 17.2. The third kappa shape index (κ3) is 6.42. The van der Waals surface area contributed by atoms with Crippen molar-refractivity contribution in [3.63, 3.8) is 0 Å². The van der Waals surface area contributed by atoms with Gasteiger partial charge in [-0.25, -0.2) is 4.39 Å². The largest absolute Gasteiger partial charge is 0.495 e. The molecule has 5 nitrogen and oxygen atoms in total. The molecule has 3 aromatic rings. The molecule has 0 bridgehead atoms. The minimum absolute atomic E-state index is 0.00855. The number of aryl methyl sites for hydroxylation is 1. The van der Waals surface area contributed by atoms with E-state index in [2.05, 4.69) is 16.9 Å². The average Bonchev–Trinajstić information content (AvgIpc) is 2.85. The van der Waals surface area contributed by atoms with Gasteiger partial charge in [-0.3, -0.25) is 4.99 Å². The van der Waals surface area contributed by atoms with E-state index in [9.17, 15) is 17.6 Å². The predicted octanol–water partition coefficient (Wildman–Crippen LogP) is 5.53. The number of nitrogens with two attached hydrogens (primary N) is 2. The van der Waals surface area contributed by atoms with E-state index in [-0.39, 0.29) is 23.6 Å². The maximum Gasteiger partial charge on any atom is 0.416 e. The molecule has 190 valence electrons. The third-order valence-corrected chi connectivity index (χ3v) is 5.59. The lowest BCUT2D eigenvalue weighted by Crippen LogP contribution is -2.25. The average molecular weight is 501 g/mol. The Morgan fingerprint density at radius 2 is 1.78 bits per heavy atom. The Bertz CT molecular complexity index is 1250. The van der Waals surface area contributed by atoms with Gasteiger partial charge >= 0.3 is 6.18 Å². The number of aliphatic imine (C=N–C) groups is 1. The lowest BCUT2D eigenvalue weighted by molar-refractivity contribution is -0.138. The Morgan fingerprint density at radius 1 is 1.03 bits per heavy atom. The topological polar surface area (TPSA) is 85.7 Å². The van der Waals surface area contributed by atoms with Crippen LogP contribution in [0.5, 0.6) is 5.75 Å². The van der Waals surface area contributed by atoms with Gasteiger partial charge in [0.25, 0.3) is 0 Å². The van der Waals surface area contributed by atoms with Crippen LogP contribution in [-0.2, 0) is 19.1 Å². The molecule has 0 aliphatic carbocycles. The lowest BCUT2D eigenvalue weighted by Gasteiger charge is -2.19. The second-order valence-corrected chi connectivity index (χ2v) is 8.04. The normalized spacial score (nSPS) is 11.9. The van der Waals surface area contributed by atoms with Gasteiger partial charge in [-0.05, 0) is 60.8 Å². The van der Waals surface area contributed by atoms with Gasteiger partial charge in [-0.1, -0.05) is 36.9 Å². The van der Waals surface area contributed by atoms with Crippen LogP contribution in [0.3, 0.4) is 0 Å². The fourth-order valence-electron chi connectivity index (χ4n) is 3.77. The summed E-state index contributed by atoms with van der Waals surface area (Å²) < 4.78 is 59.9. The number of nitrogen functional groups attached to an aromatic ring is 1. The molecule has 0 aromatic heterocycles. The molecule has 0 saturated heterocycles. The van der Waals surface area contributed by atoms with Gasteiger partial charge in [-0.2, -0.15) is 13.2 Å². The molecule has 36 heavy (non-hydrogen) atoms. The van der Waals surface area contributed by atoms with E-state index in [1.54, 1.807) is 24.3 Å². The minimum atomic E-state index is -4.53. The van der Waals surface area contributed by atoms with Crippen molar-refractivity contribution in [2.45, 2.75) is 25.6 Å². The van der Waals surface area contributed by atoms with E-state index in [4.69, 9.17) is 16.2 Å². The van der Waals surface area contributed by atoms with Gasteiger partial charge in [0.1, 0.15) is 17.4 Å². The van der Waals surface area contributed by atoms with Crippen LogP contribution >= 0.6 is 0 Å². The quantitative estimate of drug-likeness (QED) is 0.156. The number of methoxy groups -OCH3 is 1. The number of nitrogens with zero attached hydrogens (tertiary/aromatic N) is 1. The van der Waals surface area contributed by atoms with Crippen molar-refractivity contribution >= 4 is 17.2 Å². The molecule has 9 heteroatoms. The Hall–Kier alpha value is -3.85. The number of benzene rings is 3. The fraction of sp³-hybridized carbons (Fsp3) is 0.222. The summed E-state index contributed by atoms with van der Waals surface area (Å²) in [4.78, 5) is 4.45. The van der Waals surface area contributed by atoms with Gasteiger partial charge in [0.05, 0.1) is 24.9 Å². The summed E-state index contributed by atoms with van der Waals surface area (Å²) in [7, 11) is 1.45. The molecule has 0 spiro atoms. The number of alkyl halides is 3. The van der Waals surface area contributed by atoms with Gasteiger partial charge in [-0.15, -0.1) is 0 Å². The third-order valence-electron chi connectivity index (χ3n) is 5.59. The maximum absolute atomic E-state index is 14.1. The number of anilines is 1. The number of halogens is 4. The Morgan fingerprint density at radius 3 is 2.47 bits per heavy atom. The number of hydrogen-bond donors (Lipinski definition) is 3. The molecule has 0 radical (unpaired) electrons. The number of amidine groups is 1. The van der Waals surface area contributed by atoms with Gasteiger partial charge in [0.2, 0.25) is 0 Å². The summed E-state index contributed by atoms with van der Waals surface area (Å²) >= 11 is 0.